The normalized spacial score (nSPS) is 27.4. The van der Waals surface area contributed by atoms with Gasteiger partial charge in [0.15, 0.2) is 0 Å². The molecule has 104 valence electrons. The second kappa shape index (κ2) is 7.24. The van der Waals surface area contributed by atoms with Gasteiger partial charge in [0.2, 0.25) is 5.91 Å². The molecule has 0 bridgehead atoms. The number of rotatable bonds is 4. The number of urea groups is 1. The van der Waals surface area contributed by atoms with E-state index in [0.29, 0.717) is 24.9 Å². The molecule has 0 saturated heterocycles. The van der Waals surface area contributed by atoms with Crippen LogP contribution in [0.3, 0.4) is 0 Å². The van der Waals surface area contributed by atoms with Crippen LogP contribution in [-0.4, -0.2) is 31.1 Å². The summed E-state index contributed by atoms with van der Waals surface area (Å²) in [7, 11) is 0. The SMILES string of the molecule is CC(=O)NCCNC(=O)NC1CCCC(C)C1C. The van der Waals surface area contributed by atoms with Crippen LogP contribution in [0.4, 0.5) is 4.79 Å². The summed E-state index contributed by atoms with van der Waals surface area (Å²) in [5.74, 6) is 1.12. The molecule has 0 aromatic carbocycles. The van der Waals surface area contributed by atoms with Crippen LogP contribution in [0.15, 0.2) is 0 Å². The smallest absolute Gasteiger partial charge is 0.315 e. The van der Waals surface area contributed by atoms with E-state index in [4.69, 9.17) is 0 Å². The van der Waals surface area contributed by atoms with Gasteiger partial charge in [0.05, 0.1) is 0 Å². The van der Waals surface area contributed by atoms with Gasteiger partial charge in [-0.1, -0.05) is 26.7 Å². The maximum absolute atomic E-state index is 11.7. The standard InChI is InChI=1S/C13H25N3O2/c1-9-5-4-6-12(10(9)2)16-13(18)15-8-7-14-11(3)17/h9-10,12H,4-8H2,1-3H3,(H,14,17)(H2,15,16,18). The first-order chi connectivity index (χ1) is 8.50. The molecule has 3 amide bonds. The van der Waals surface area contributed by atoms with Crippen LogP contribution in [0.2, 0.25) is 0 Å². The molecule has 5 nitrogen and oxygen atoms in total. The summed E-state index contributed by atoms with van der Waals surface area (Å²) in [6.45, 7) is 6.84. The second-order valence-electron chi connectivity index (χ2n) is 5.26. The Bertz CT molecular complexity index is 294. The van der Waals surface area contributed by atoms with Crippen LogP contribution in [0.1, 0.15) is 40.0 Å². The maximum atomic E-state index is 11.7. The minimum absolute atomic E-state index is 0.0769. The van der Waals surface area contributed by atoms with Gasteiger partial charge in [-0.3, -0.25) is 4.79 Å². The molecule has 5 heteroatoms. The largest absolute Gasteiger partial charge is 0.355 e. The van der Waals surface area contributed by atoms with Crippen molar-refractivity contribution >= 4 is 11.9 Å². The zero-order valence-corrected chi connectivity index (χ0v) is 11.6. The Morgan fingerprint density at radius 2 is 1.78 bits per heavy atom. The number of carbonyl (C=O) groups is 2. The summed E-state index contributed by atoms with van der Waals surface area (Å²) in [5.41, 5.74) is 0. The topological polar surface area (TPSA) is 70.2 Å². The molecule has 0 aliphatic heterocycles. The molecule has 0 spiro atoms. The summed E-state index contributed by atoms with van der Waals surface area (Å²) in [6, 6.07) is 0.140. The van der Waals surface area contributed by atoms with Gasteiger partial charge in [-0.25, -0.2) is 4.79 Å². The average molecular weight is 255 g/mol. The first-order valence-electron chi connectivity index (χ1n) is 6.79. The Balaban J connectivity index is 2.20. The zero-order valence-electron chi connectivity index (χ0n) is 11.6. The van der Waals surface area contributed by atoms with Gasteiger partial charge >= 0.3 is 6.03 Å². The lowest BCUT2D eigenvalue weighted by molar-refractivity contribution is -0.118. The van der Waals surface area contributed by atoms with E-state index >= 15 is 0 Å². The van der Waals surface area contributed by atoms with Gasteiger partial charge in [-0.15, -0.1) is 0 Å². The van der Waals surface area contributed by atoms with E-state index in [0.717, 1.165) is 6.42 Å². The summed E-state index contributed by atoms with van der Waals surface area (Å²) in [6.07, 6.45) is 3.50. The zero-order chi connectivity index (χ0) is 13.5. The Morgan fingerprint density at radius 3 is 2.44 bits per heavy atom. The molecule has 0 heterocycles. The second-order valence-corrected chi connectivity index (χ2v) is 5.26. The first kappa shape index (κ1) is 14.8. The molecule has 1 saturated carbocycles. The molecule has 0 aromatic heterocycles. The third-order valence-corrected chi connectivity index (χ3v) is 3.81. The molecule has 3 atom stereocenters. The molecule has 18 heavy (non-hydrogen) atoms. The average Bonchev–Trinajstić information content (AvgIpc) is 2.30. The fraction of sp³-hybridized carbons (Fsp3) is 0.846. The number of carbonyl (C=O) groups excluding carboxylic acids is 2. The Labute approximate surface area is 109 Å². The minimum atomic E-state index is -0.133. The van der Waals surface area contributed by atoms with Gasteiger partial charge in [0, 0.05) is 26.1 Å². The van der Waals surface area contributed by atoms with E-state index < -0.39 is 0 Å². The van der Waals surface area contributed by atoms with Crippen LogP contribution in [-0.2, 0) is 4.79 Å². The quantitative estimate of drug-likeness (QED) is 0.662. The molecule has 0 aromatic rings. The molecule has 0 radical (unpaired) electrons. The van der Waals surface area contributed by atoms with Crippen molar-refractivity contribution < 1.29 is 9.59 Å². The summed E-state index contributed by atoms with van der Waals surface area (Å²) in [5, 5.41) is 8.42. The van der Waals surface area contributed by atoms with E-state index in [1.165, 1.54) is 19.8 Å². The molecular formula is C13H25N3O2. The monoisotopic (exact) mass is 255 g/mol. The molecule has 3 N–H and O–H groups in total. The lowest BCUT2D eigenvalue weighted by atomic mass is 9.78. The van der Waals surface area contributed by atoms with E-state index in [9.17, 15) is 9.59 Å². The van der Waals surface area contributed by atoms with Crippen molar-refractivity contribution in [3.8, 4) is 0 Å². The Hall–Kier alpha value is -1.26. The lowest BCUT2D eigenvalue weighted by Gasteiger charge is -2.34. The number of hydrogen-bond acceptors (Lipinski definition) is 2. The highest BCUT2D eigenvalue weighted by Crippen LogP contribution is 2.29. The van der Waals surface area contributed by atoms with E-state index in [-0.39, 0.29) is 18.0 Å². The van der Waals surface area contributed by atoms with E-state index in [2.05, 4.69) is 29.8 Å². The maximum Gasteiger partial charge on any atom is 0.315 e. The van der Waals surface area contributed by atoms with Crippen molar-refractivity contribution in [2.24, 2.45) is 11.8 Å². The third-order valence-electron chi connectivity index (χ3n) is 3.81. The van der Waals surface area contributed by atoms with Gasteiger partial charge < -0.3 is 16.0 Å². The first-order valence-corrected chi connectivity index (χ1v) is 6.79. The minimum Gasteiger partial charge on any atom is -0.355 e. The van der Waals surface area contributed by atoms with Gasteiger partial charge in [0.25, 0.3) is 0 Å². The highest BCUT2D eigenvalue weighted by molar-refractivity contribution is 5.74. The molecule has 1 fully saturated rings. The van der Waals surface area contributed by atoms with E-state index in [1.807, 2.05) is 0 Å². The van der Waals surface area contributed by atoms with Crippen molar-refractivity contribution in [1.82, 2.24) is 16.0 Å². The molecule has 3 unspecified atom stereocenters. The Kier molecular flexibility index (Phi) is 5.95. The highest BCUT2D eigenvalue weighted by Gasteiger charge is 2.27. The summed E-state index contributed by atoms with van der Waals surface area (Å²) >= 11 is 0. The van der Waals surface area contributed by atoms with Crippen LogP contribution < -0.4 is 16.0 Å². The number of nitrogens with one attached hydrogen (secondary N) is 3. The number of hydrogen-bond donors (Lipinski definition) is 3. The van der Waals surface area contributed by atoms with Crippen molar-refractivity contribution in [1.29, 1.82) is 0 Å². The third kappa shape index (κ3) is 4.94. The fourth-order valence-corrected chi connectivity index (χ4v) is 2.42. The van der Waals surface area contributed by atoms with Crippen molar-refractivity contribution in [2.45, 2.75) is 46.1 Å². The molecular weight excluding hydrogens is 230 g/mol. The van der Waals surface area contributed by atoms with Crippen molar-refractivity contribution in [2.75, 3.05) is 13.1 Å². The Morgan fingerprint density at radius 1 is 1.11 bits per heavy atom. The van der Waals surface area contributed by atoms with Crippen LogP contribution in [0, 0.1) is 11.8 Å². The van der Waals surface area contributed by atoms with Crippen molar-refractivity contribution in [3.05, 3.63) is 0 Å². The number of amides is 3. The fourth-order valence-electron chi connectivity index (χ4n) is 2.42. The molecule has 1 rings (SSSR count). The van der Waals surface area contributed by atoms with Crippen LogP contribution in [0.5, 0.6) is 0 Å². The lowest BCUT2D eigenvalue weighted by Crippen LogP contribution is -2.49. The van der Waals surface area contributed by atoms with Gasteiger partial charge in [-0.2, -0.15) is 0 Å². The molecule has 1 aliphatic carbocycles. The van der Waals surface area contributed by atoms with Crippen molar-refractivity contribution in [3.63, 3.8) is 0 Å². The van der Waals surface area contributed by atoms with Crippen LogP contribution >= 0.6 is 0 Å². The van der Waals surface area contributed by atoms with Gasteiger partial charge in [0.1, 0.15) is 0 Å². The molecule has 1 aliphatic rings. The van der Waals surface area contributed by atoms with E-state index in [1.54, 1.807) is 0 Å². The highest BCUT2D eigenvalue weighted by atomic mass is 16.2. The predicted molar refractivity (Wildman–Crippen MR) is 71.2 cm³/mol. The predicted octanol–water partition coefficient (Wildman–Crippen LogP) is 1.25. The van der Waals surface area contributed by atoms with Gasteiger partial charge in [-0.05, 0) is 18.3 Å². The summed E-state index contributed by atoms with van der Waals surface area (Å²) < 4.78 is 0. The summed E-state index contributed by atoms with van der Waals surface area (Å²) in [4.78, 5) is 22.3. The van der Waals surface area contributed by atoms with Crippen LogP contribution in [0.25, 0.3) is 0 Å².